The zero-order valence-electron chi connectivity index (χ0n) is 19.7. The Morgan fingerprint density at radius 1 is 1.12 bits per heavy atom. The number of aryl methyl sites for hydroxylation is 1. The molecule has 0 spiro atoms. The Hall–Kier alpha value is -2.17. The number of benzene rings is 2. The molecule has 3 saturated heterocycles. The van der Waals surface area contributed by atoms with Crippen LogP contribution in [0.2, 0.25) is 0 Å². The summed E-state index contributed by atoms with van der Waals surface area (Å²) in [5, 5.41) is 7.13. The summed E-state index contributed by atoms with van der Waals surface area (Å²) in [6.45, 7) is 10.4. The van der Waals surface area contributed by atoms with Gasteiger partial charge in [-0.25, -0.2) is 0 Å². The van der Waals surface area contributed by atoms with Crippen molar-refractivity contribution in [2.45, 2.75) is 51.7 Å². The van der Waals surface area contributed by atoms with Gasteiger partial charge in [0, 0.05) is 31.6 Å². The van der Waals surface area contributed by atoms with Gasteiger partial charge in [-0.15, -0.1) is 0 Å². The second kappa shape index (κ2) is 8.64. The molecule has 4 nitrogen and oxygen atoms in total. The van der Waals surface area contributed by atoms with E-state index in [0.29, 0.717) is 30.2 Å². The molecule has 4 bridgehead atoms. The minimum Gasteiger partial charge on any atom is -0.350 e. The van der Waals surface area contributed by atoms with Crippen molar-refractivity contribution in [1.82, 2.24) is 15.5 Å². The van der Waals surface area contributed by atoms with Crippen molar-refractivity contribution in [2.75, 3.05) is 19.6 Å². The van der Waals surface area contributed by atoms with Crippen molar-refractivity contribution in [3.63, 3.8) is 0 Å². The second-order valence-corrected chi connectivity index (χ2v) is 10.8. The maximum absolute atomic E-state index is 13.9. The van der Waals surface area contributed by atoms with Gasteiger partial charge in [-0.1, -0.05) is 74.0 Å². The normalized spacial score (nSPS) is 31.2. The second-order valence-electron chi connectivity index (χ2n) is 10.8. The molecule has 3 heterocycles. The molecule has 1 amide bonds. The Balaban J connectivity index is 1.43. The number of hydrogen-bond donors (Lipinski definition) is 2. The van der Waals surface area contributed by atoms with Crippen LogP contribution in [0.5, 0.6) is 0 Å². The fourth-order valence-electron chi connectivity index (χ4n) is 6.78. The lowest BCUT2D eigenvalue weighted by Gasteiger charge is -2.56. The van der Waals surface area contributed by atoms with E-state index in [-0.39, 0.29) is 11.9 Å². The van der Waals surface area contributed by atoms with E-state index in [1.165, 1.54) is 11.1 Å². The number of hydrogen-bond acceptors (Lipinski definition) is 3. The van der Waals surface area contributed by atoms with Gasteiger partial charge < -0.3 is 10.6 Å². The van der Waals surface area contributed by atoms with Gasteiger partial charge in [0.1, 0.15) is 5.54 Å². The highest BCUT2D eigenvalue weighted by Crippen LogP contribution is 2.53. The lowest BCUT2D eigenvalue weighted by Crippen LogP contribution is -2.76. The summed E-state index contributed by atoms with van der Waals surface area (Å²) in [6, 6.07) is 19.5. The van der Waals surface area contributed by atoms with E-state index in [0.717, 1.165) is 38.0 Å². The Labute approximate surface area is 192 Å². The summed E-state index contributed by atoms with van der Waals surface area (Å²) in [5.41, 5.74) is 3.40. The van der Waals surface area contributed by atoms with Gasteiger partial charge in [0.05, 0.1) is 0 Å². The summed E-state index contributed by atoms with van der Waals surface area (Å²) >= 11 is 0. The van der Waals surface area contributed by atoms with Crippen LogP contribution >= 0.6 is 0 Å². The number of nitrogens with one attached hydrogen (secondary N) is 2. The van der Waals surface area contributed by atoms with Gasteiger partial charge in [0.15, 0.2) is 0 Å². The first kappa shape index (κ1) is 21.7. The highest BCUT2D eigenvalue weighted by molar-refractivity contribution is 5.89. The molecule has 170 valence electrons. The number of carbonyl (C=O) groups is 1. The van der Waals surface area contributed by atoms with Crippen molar-refractivity contribution in [3.8, 4) is 0 Å². The molecule has 3 aliphatic heterocycles. The van der Waals surface area contributed by atoms with Crippen LogP contribution < -0.4 is 10.6 Å². The average Bonchev–Trinajstić information content (AvgIpc) is 3.04. The van der Waals surface area contributed by atoms with Crippen molar-refractivity contribution in [2.24, 2.45) is 23.7 Å². The van der Waals surface area contributed by atoms with Crippen LogP contribution in [0.25, 0.3) is 0 Å². The van der Waals surface area contributed by atoms with Crippen LogP contribution in [0.15, 0.2) is 54.6 Å². The van der Waals surface area contributed by atoms with Crippen molar-refractivity contribution in [1.29, 1.82) is 0 Å². The fourth-order valence-corrected chi connectivity index (χ4v) is 6.78. The van der Waals surface area contributed by atoms with Crippen LogP contribution in [-0.4, -0.2) is 42.0 Å². The number of nitrogens with zero attached hydrogens (tertiary/aromatic N) is 1. The van der Waals surface area contributed by atoms with Gasteiger partial charge in [-0.05, 0) is 55.2 Å². The zero-order chi connectivity index (χ0) is 22.3. The standard InChI is InChI=1S/C28H37N3O/c1-19(2)17-31-18-24-14-23-16-30-28(24,27(32)29-15-22-7-5-4-6-8-22)26(31)25(23)13-21-11-9-20(3)10-12-21/h4-12,19,23-26,30H,13-18H2,1-3H3,(H,29,32)/t23-,24-,25+,26-,28-/m0/s1. The topological polar surface area (TPSA) is 44.4 Å². The molecule has 4 heteroatoms. The van der Waals surface area contributed by atoms with E-state index in [1.807, 2.05) is 18.2 Å². The maximum Gasteiger partial charge on any atom is 0.242 e. The number of likely N-dealkylation sites (tertiary alicyclic amines) is 1. The summed E-state index contributed by atoms with van der Waals surface area (Å²) in [6.07, 6.45) is 2.22. The van der Waals surface area contributed by atoms with E-state index < -0.39 is 5.54 Å². The number of amides is 1. The van der Waals surface area contributed by atoms with Crippen LogP contribution in [0.3, 0.4) is 0 Å². The van der Waals surface area contributed by atoms with Crippen LogP contribution in [0, 0.1) is 30.6 Å². The Kier molecular flexibility index (Phi) is 5.85. The molecule has 0 radical (unpaired) electrons. The van der Waals surface area contributed by atoms with Crippen molar-refractivity contribution < 1.29 is 4.79 Å². The minimum atomic E-state index is -0.464. The number of rotatable bonds is 7. The third-order valence-corrected chi connectivity index (χ3v) is 8.08. The molecular weight excluding hydrogens is 394 g/mol. The SMILES string of the molecule is Cc1ccc(C[C@@H]2[C@@H]3CN[C@@]4(C(=O)NCc5ccccc5)[C@@H](C3)CN(CC(C)C)[C@@H]24)cc1. The molecule has 2 N–H and O–H groups in total. The summed E-state index contributed by atoms with van der Waals surface area (Å²) in [7, 11) is 0. The van der Waals surface area contributed by atoms with Gasteiger partial charge in [0.25, 0.3) is 0 Å². The molecule has 1 saturated carbocycles. The largest absolute Gasteiger partial charge is 0.350 e. The fraction of sp³-hybridized carbons (Fsp3) is 0.536. The Morgan fingerprint density at radius 3 is 2.59 bits per heavy atom. The molecule has 0 aromatic heterocycles. The molecule has 4 aliphatic rings. The molecule has 4 fully saturated rings. The van der Waals surface area contributed by atoms with Gasteiger partial charge >= 0.3 is 0 Å². The molecule has 32 heavy (non-hydrogen) atoms. The van der Waals surface area contributed by atoms with Gasteiger partial charge in [0.2, 0.25) is 5.91 Å². The first-order valence-electron chi connectivity index (χ1n) is 12.3. The van der Waals surface area contributed by atoms with E-state index in [2.05, 4.69) is 72.7 Å². The predicted octanol–water partition coefficient (Wildman–Crippen LogP) is 3.79. The molecule has 6 rings (SSSR count). The number of piperidine rings is 2. The number of fused-ring (bicyclic) bond motifs is 1. The molecule has 2 aromatic carbocycles. The van der Waals surface area contributed by atoms with Gasteiger partial charge in [-0.3, -0.25) is 9.69 Å². The first-order chi connectivity index (χ1) is 15.5. The lowest BCUT2D eigenvalue weighted by molar-refractivity contribution is -0.138. The quantitative estimate of drug-likeness (QED) is 0.701. The highest BCUT2D eigenvalue weighted by atomic mass is 16.2. The van der Waals surface area contributed by atoms with E-state index >= 15 is 0 Å². The van der Waals surface area contributed by atoms with E-state index in [1.54, 1.807) is 0 Å². The molecule has 2 aromatic rings. The molecule has 1 aliphatic carbocycles. The van der Waals surface area contributed by atoms with Crippen LogP contribution in [0.1, 0.15) is 37.0 Å². The Morgan fingerprint density at radius 2 is 1.88 bits per heavy atom. The summed E-state index contributed by atoms with van der Waals surface area (Å²) in [5.74, 6) is 2.35. The molecular formula is C28H37N3O. The average molecular weight is 432 g/mol. The smallest absolute Gasteiger partial charge is 0.242 e. The number of carbonyl (C=O) groups excluding carboxylic acids is 1. The summed E-state index contributed by atoms with van der Waals surface area (Å²) in [4.78, 5) is 16.5. The lowest BCUT2D eigenvalue weighted by atomic mass is 9.58. The van der Waals surface area contributed by atoms with Crippen LogP contribution in [-0.2, 0) is 17.8 Å². The third kappa shape index (κ3) is 3.78. The predicted molar refractivity (Wildman–Crippen MR) is 129 cm³/mol. The monoisotopic (exact) mass is 431 g/mol. The van der Waals surface area contributed by atoms with Gasteiger partial charge in [-0.2, -0.15) is 0 Å². The highest BCUT2D eigenvalue weighted by Gasteiger charge is 2.67. The first-order valence-corrected chi connectivity index (χ1v) is 12.3. The minimum absolute atomic E-state index is 0.203. The molecule has 0 unspecified atom stereocenters. The van der Waals surface area contributed by atoms with Crippen molar-refractivity contribution >= 4 is 5.91 Å². The molecule has 5 atom stereocenters. The van der Waals surface area contributed by atoms with E-state index in [4.69, 9.17) is 0 Å². The maximum atomic E-state index is 13.9. The summed E-state index contributed by atoms with van der Waals surface area (Å²) < 4.78 is 0. The van der Waals surface area contributed by atoms with Crippen molar-refractivity contribution in [3.05, 3.63) is 71.3 Å². The third-order valence-electron chi connectivity index (χ3n) is 8.08. The van der Waals surface area contributed by atoms with E-state index in [9.17, 15) is 4.79 Å². The Bertz CT molecular complexity index is 941. The zero-order valence-corrected chi connectivity index (χ0v) is 19.7. The van der Waals surface area contributed by atoms with Crippen LogP contribution in [0.4, 0.5) is 0 Å².